The van der Waals surface area contributed by atoms with Crippen molar-refractivity contribution in [3.63, 3.8) is 0 Å². The van der Waals surface area contributed by atoms with Gasteiger partial charge in [-0.15, -0.1) is 0 Å². The Morgan fingerprint density at radius 3 is 2.44 bits per heavy atom. The van der Waals surface area contributed by atoms with Gasteiger partial charge in [-0.2, -0.15) is 0 Å². The summed E-state index contributed by atoms with van der Waals surface area (Å²) < 4.78 is 0. The lowest BCUT2D eigenvalue weighted by Gasteiger charge is -1.97. The van der Waals surface area contributed by atoms with Gasteiger partial charge in [-0.05, 0) is 32.1 Å². The molecule has 0 aromatic heterocycles. The second-order valence-corrected chi connectivity index (χ2v) is 2.59. The zero-order valence-corrected chi connectivity index (χ0v) is 6.35. The van der Waals surface area contributed by atoms with E-state index in [4.69, 9.17) is 0 Å². The Kier molecular flexibility index (Phi) is 2.26. The molecule has 0 spiro atoms. The molecule has 0 saturated heterocycles. The molecule has 1 fully saturated rings. The largest absolute Gasteiger partial charge is 0.294 e. The zero-order chi connectivity index (χ0) is 6.69. The third-order valence-electron chi connectivity index (χ3n) is 1.77. The van der Waals surface area contributed by atoms with Gasteiger partial charge < -0.3 is 0 Å². The quantitative estimate of drug-likeness (QED) is 0.513. The zero-order valence-electron chi connectivity index (χ0n) is 6.35. The molecule has 9 heavy (non-hydrogen) atoms. The molecule has 1 heteroatoms. The topological polar surface area (TPSA) is 12.4 Å². The molecular formula is C8H15N. The summed E-state index contributed by atoms with van der Waals surface area (Å²) in [6.07, 6.45) is 3.96. The van der Waals surface area contributed by atoms with Crippen molar-refractivity contribution in [3.8, 4) is 0 Å². The van der Waals surface area contributed by atoms with E-state index in [-0.39, 0.29) is 0 Å². The van der Waals surface area contributed by atoms with Crippen LogP contribution in [0, 0.1) is 5.92 Å². The van der Waals surface area contributed by atoms with Crippen molar-refractivity contribution >= 4 is 5.71 Å². The summed E-state index contributed by atoms with van der Waals surface area (Å²) in [5, 5.41) is 0. The molecule has 0 heterocycles. The molecule has 52 valence electrons. The minimum absolute atomic E-state index is 0.884. The number of nitrogens with zero attached hydrogens (tertiary/aromatic N) is 1. The van der Waals surface area contributed by atoms with Crippen molar-refractivity contribution in [2.75, 3.05) is 6.54 Å². The van der Waals surface area contributed by atoms with Gasteiger partial charge in [0.15, 0.2) is 0 Å². The van der Waals surface area contributed by atoms with Crippen LogP contribution in [-0.4, -0.2) is 12.3 Å². The van der Waals surface area contributed by atoms with Crippen LogP contribution >= 0.6 is 0 Å². The maximum Gasteiger partial charge on any atom is 0.0360 e. The number of hydrogen-bond donors (Lipinski definition) is 0. The third kappa shape index (κ3) is 1.81. The Labute approximate surface area is 57.2 Å². The summed E-state index contributed by atoms with van der Waals surface area (Å²) in [5.41, 5.74) is 1.46. The highest BCUT2D eigenvalue weighted by molar-refractivity contribution is 5.88. The molecule has 1 aliphatic rings. The van der Waals surface area contributed by atoms with Crippen LogP contribution in [0.3, 0.4) is 0 Å². The van der Waals surface area contributed by atoms with Gasteiger partial charge in [0, 0.05) is 12.3 Å². The van der Waals surface area contributed by atoms with Crippen LogP contribution in [0.5, 0.6) is 0 Å². The van der Waals surface area contributed by atoms with Gasteiger partial charge in [0.05, 0.1) is 0 Å². The predicted molar refractivity (Wildman–Crippen MR) is 41.0 cm³/mol. The lowest BCUT2D eigenvalue weighted by Crippen LogP contribution is -1.98. The van der Waals surface area contributed by atoms with Gasteiger partial charge in [0.2, 0.25) is 0 Å². The van der Waals surface area contributed by atoms with E-state index in [0.29, 0.717) is 0 Å². The molecule has 0 N–H and O–H groups in total. The van der Waals surface area contributed by atoms with Crippen LogP contribution in [0.4, 0.5) is 0 Å². The Morgan fingerprint density at radius 1 is 1.44 bits per heavy atom. The first-order chi connectivity index (χ1) is 4.38. The first kappa shape index (κ1) is 6.79. The van der Waals surface area contributed by atoms with Crippen LogP contribution in [0.25, 0.3) is 0 Å². The van der Waals surface area contributed by atoms with E-state index in [1.54, 1.807) is 0 Å². The molecule has 0 atom stereocenters. The average molecular weight is 125 g/mol. The molecule has 0 aliphatic heterocycles. The van der Waals surface area contributed by atoms with E-state index in [0.717, 1.165) is 12.5 Å². The van der Waals surface area contributed by atoms with Crippen LogP contribution in [-0.2, 0) is 0 Å². The fraction of sp³-hybridized carbons (Fsp3) is 0.875. The van der Waals surface area contributed by atoms with Gasteiger partial charge in [-0.25, -0.2) is 0 Å². The van der Waals surface area contributed by atoms with Crippen LogP contribution in [0.2, 0.25) is 0 Å². The molecule has 0 unspecified atom stereocenters. The summed E-state index contributed by atoms with van der Waals surface area (Å²) in [5.74, 6) is 0.884. The summed E-state index contributed by atoms with van der Waals surface area (Å²) in [7, 11) is 0. The SMILES string of the molecule is CCN=C(CC)C1CC1. The molecule has 0 amide bonds. The van der Waals surface area contributed by atoms with Gasteiger partial charge in [0.1, 0.15) is 0 Å². The minimum Gasteiger partial charge on any atom is -0.294 e. The molecule has 1 aliphatic carbocycles. The standard InChI is InChI=1S/C8H15N/c1-3-8(9-4-2)7-5-6-7/h7H,3-6H2,1-2H3. The number of rotatable bonds is 3. The van der Waals surface area contributed by atoms with Gasteiger partial charge in [-0.1, -0.05) is 6.92 Å². The maximum atomic E-state index is 4.42. The summed E-state index contributed by atoms with van der Waals surface area (Å²) in [4.78, 5) is 4.42. The monoisotopic (exact) mass is 125 g/mol. The van der Waals surface area contributed by atoms with Gasteiger partial charge in [-0.3, -0.25) is 4.99 Å². The third-order valence-corrected chi connectivity index (χ3v) is 1.77. The van der Waals surface area contributed by atoms with E-state index >= 15 is 0 Å². The van der Waals surface area contributed by atoms with E-state index in [1.165, 1.54) is 25.0 Å². The first-order valence-electron chi connectivity index (χ1n) is 3.91. The van der Waals surface area contributed by atoms with Crippen molar-refractivity contribution in [1.29, 1.82) is 0 Å². The summed E-state index contributed by atoms with van der Waals surface area (Å²) in [6, 6.07) is 0. The fourth-order valence-electron chi connectivity index (χ4n) is 1.15. The van der Waals surface area contributed by atoms with E-state index in [1.807, 2.05) is 0 Å². The Hall–Kier alpha value is -0.330. The Morgan fingerprint density at radius 2 is 2.11 bits per heavy atom. The molecule has 0 aromatic rings. The number of hydrogen-bond acceptors (Lipinski definition) is 1. The Bertz CT molecular complexity index is 112. The first-order valence-corrected chi connectivity index (χ1v) is 3.91. The van der Waals surface area contributed by atoms with Crippen molar-refractivity contribution in [2.24, 2.45) is 10.9 Å². The lowest BCUT2D eigenvalue weighted by molar-refractivity contribution is 1.02. The van der Waals surface area contributed by atoms with E-state index in [9.17, 15) is 0 Å². The van der Waals surface area contributed by atoms with Gasteiger partial charge >= 0.3 is 0 Å². The second kappa shape index (κ2) is 3.00. The lowest BCUT2D eigenvalue weighted by atomic mass is 10.2. The summed E-state index contributed by atoms with van der Waals surface area (Å²) >= 11 is 0. The normalized spacial score (nSPS) is 20.4. The summed E-state index contributed by atoms with van der Waals surface area (Å²) in [6.45, 7) is 5.28. The molecule has 1 saturated carbocycles. The molecule has 0 bridgehead atoms. The van der Waals surface area contributed by atoms with Crippen molar-refractivity contribution in [3.05, 3.63) is 0 Å². The molecule has 0 aromatic carbocycles. The Balaban J connectivity index is 2.37. The van der Waals surface area contributed by atoms with Crippen molar-refractivity contribution < 1.29 is 0 Å². The minimum atomic E-state index is 0.884. The second-order valence-electron chi connectivity index (χ2n) is 2.59. The molecule has 1 rings (SSSR count). The van der Waals surface area contributed by atoms with Crippen molar-refractivity contribution in [1.82, 2.24) is 0 Å². The van der Waals surface area contributed by atoms with Gasteiger partial charge in [0.25, 0.3) is 0 Å². The highest BCUT2D eigenvalue weighted by Gasteiger charge is 2.25. The van der Waals surface area contributed by atoms with E-state index in [2.05, 4.69) is 18.8 Å². The number of aliphatic imine (C=N–C) groups is 1. The fourth-order valence-corrected chi connectivity index (χ4v) is 1.15. The van der Waals surface area contributed by atoms with Crippen LogP contribution in [0.15, 0.2) is 4.99 Å². The maximum absolute atomic E-state index is 4.42. The molecule has 1 nitrogen and oxygen atoms in total. The predicted octanol–water partition coefficient (Wildman–Crippen LogP) is 2.27. The smallest absolute Gasteiger partial charge is 0.0360 e. The average Bonchev–Trinajstić information content (AvgIpc) is 2.64. The molecule has 0 radical (unpaired) electrons. The highest BCUT2D eigenvalue weighted by Crippen LogP contribution is 2.31. The van der Waals surface area contributed by atoms with Crippen LogP contribution in [0.1, 0.15) is 33.1 Å². The van der Waals surface area contributed by atoms with E-state index < -0.39 is 0 Å². The highest BCUT2D eigenvalue weighted by atomic mass is 14.7. The van der Waals surface area contributed by atoms with Crippen LogP contribution < -0.4 is 0 Å². The molecular weight excluding hydrogens is 110 g/mol. The van der Waals surface area contributed by atoms with Crippen molar-refractivity contribution in [2.45, 2.75) is 33.1 Å².